The largest absolute Gasteiger partial charge is 0.248 e. The quantitative estimate of drug-likeness (QED) is 0.461. The summed E-state index contributed by atoms with van der Waals surface area (Å²) in [4.78, 5) is 4.84. The third-order valence-electron chi connectivity index (χ3n) is 4.44. The monoisotopic (exact) mass is 267 g/mol. The molecule has 0 aromatic heterocycles. The number of benzene rings is 3. The molecule has 98 valence electrons. The van der Waals surface area contributed by atoms with Gasteiger partial charge in [0.1, 0.15) is 0 Å². The molecule has 0 fully saturated rings. The topological polar surface area (TPSA) is 12.4 Å². The van der Waals surface area contributed by atoms with E-state index in [2.05, 4.69) is 66.8 Å². The van der Waals surface area contributed by atoms with Crippen LogP contribution in [0, 0.1) is 0 Å². The predicted molar refractivity (Wildman–Crippen MR) is 87.1 cm³/mol. The van der Waals surface area contributed by atoms with Gasteiger partial charge in [-0.15, -0.1) is 0 Å². The van der Waals surface area contributed by atoms with Crippen LogP contribution in [0.2, 0.25) is 0 Å². The van der Waals surface area contributed by atoms with Crippen molar-refractivity contribution in [1.29, 1.82) is 0 Å². The molecule has 1 aliphatic carbocycles. The highest BCUT2D eigenvalue weighted by atomic mass is 14.8. The van der Waals surface area contributed by atoms with Crippen molar-refractivity contribution in [2.24, 2.45) is 4.99 Å². The van der Waals surface area contributed by atoms with Gasteiger partial charge in [-0.1, -0.05) is 48.6 Å². The number of fused-ring (bicyclic) bond motifs is 6. The Balaban J connectivity index is 1.91. The van der Waals surface area contributed by atoms with E-state index in [1.165, 1.54) is 32.7 Å². The summed E-state index contributed by atoms with van der Waals surface area (Å²) >= 11 is 0. The minimum Gasteiger partial charge on any atom is -0.248 e. The van der Waals surface area contributed by atoms with Gasteiger partial charge in [0.25, 0.3) is 0 Å². The summed E-state index contributed by atoms with van der Waals surface area (Å²) in [6.07, 6.45) is 7.55. The maximum absolute atomic E-state index is 4.84. The summed E-state index contributed by atoms with van der Waals surface area (Å²) in [5.74, 6) is 0. The van der Waals surface area contributed by atoms with Gasteiger partial charge in [0.2, 0.25) is 0 Å². The van der Waals surface area contributed by atoms with Gasteiger partial charge < -0.3 is 0 Å². The van der Waals surface area contributed by atoms with E-state index in [0.29, 0.717) is 0 Å². The van der Waals surface area contributed by atoms with Crippen molar-refractivity contribution in [1.82, 2.24) is 0 Å². The Labute approximate surface area is 122 Å². The van der Waals surface area contributed by atoms with Crippen molar-refractivity contribution in [3.8, 4) is 11.1 Å². The molecule has 1 nitrogen and oxygen atoms in total. The maximum atomic E-state index is 4.84. The first kappa shape index (κ1) is 11.0. The molecule has 0 bridgehead atoms. The molecule has 1 heteroatoms. The molecule has 0 saturated carbocycles. The third-order valence-corrected chi connectivity index (χ3v) is 4.44. The van der Waals surface area contributed by atoms with E-state index in [9.17, 15) is 0 Å². The van der Waals surface area contributed by atoms with Crippen LogP contribution in [0.15, 0.2) is 65.7 Å². The van der Waals surface area contributed by atoms with Crippen LogP contribution in [0.25, 0.3) is 28.0 Å². The Morgan fingerprint density at radius 3 is 2.67 bits per heavy atom. The van der Waals surface area contributed by atoms with E-state index in [1.54, 1.807) is 0 Å². The molecular weight excluding hydrogens is 254 g/mol. The fraction of sp³-hybridized carbons (Fsp3) is 0.0500. The molecule has 0 spiro atoms. The van der Waals surface area contributed by atoms with Gasteiger partial charge in [-0.3, -0.25) is 0 Å². The summed E-state index contributed by atoms with van der Waals surface area (Å²) in [7, 11) is 0. The normalized spacial score (nSPS) is 14.1. The van der Waals surface area contributed by atoms with Gasteiger partial charge in [0.05, 0.1) is 11.0 Å². The summed E-state index contributed by atoms with van der Waals surface area (Å²) in [6.45, 7) is 0. The lowest BCUT2D eigenvalue weighted by atomic mass is 9.92. The molecule has 0 atom stereocenters. The third kappa shape index (κ3) is 1.49. The molecule has 0 saturated heterocycles. The van der Waals surface area contributed by atoms with E-state index >= 15 is 0 Å². The van der Waals surface area contributed by atoms with Crippen LogP contribution in [0.3, 0.4) is 0 Å². The zero-order valence-corrected chi connectivity index (χ0v) is 11.5. The van der Waals surface area contributed by atoms with Crippen molar-refractivity contribution in [3.63, 3.8) is 0 Å². The number of nitrogens with zero attached hydrogens (tertiary/aromatic N) is 1. The molecule has 1 heterocycles. The standard InChI is InChI=1S/C20H13N/c1-2-7-15-12-19-17(11-14(15)6-1)20-16-8-4-3-5-13(16)9-10-18(20)21-19/h1-7,9-12H,8H2. The molecule has 0 radical (unpaired) electrons. The first-order valence-corrected chi connectivity index (χ1v) is 7.31. The molecule has 2 aliphatic rings. The lowest BCUT2D eigenvalue weighted by molar-refractivity contribution is 1.21. The summed E-state index contributed by atoms with van der Waals surface area (Å²) < 4.78 is 0. The summed E-state index contributed by atoms with van der Waals surface area (Å²) in [6, 6.07) is 17.3. The first-order chi connectivity index (χ1) is 10.4. The average Bonchev–Trinajstić information content (AvgIpc) is 2.90. The van der Waals surface area contributed by atoms with Crippen LogP contribution in [0.1, 0.15) is 5.56 Å². The van der Waals surface area contributed by atoms with E-state index in [1.807, 2.05) is 0 Å². The first-order valence-electron chi connectivity index (χ1n) is 7.31. The van der Waals surface area contributed by atoms with Crippen LogP contribution < -0.4 is 10.6 Å². The van der Waals surface area contributed by atoms with Gasteiger partial charge >= 0.3 is 0 Å². The van der Waals surface area contributed by atoms with Crippen molar-refractivity contribution >= 4 is 22.5 Å². The van der Waals surface area contributed by atoms with Crippen molar-refractivity contribution in [3.05, 3.63) is 76.8 Å². The number of hydrogen-bond acceptors (Lipinski definition) is 1. The van der Waals surface area contributed by atoms with Crippen LogP contribution in [0.5, 0.6) is 0 Å². The van der Waals surface area contributed by atoms with E-state index < -0.39 is 0 Å². The van der Waals surface area contributed by atoms with E-state index in [-0.39, 0.29) is 0 Å². The molecule has 3 aromatic rings. The Hall–Kier alpha value is -2.67. The highest BCUT2D eigenvalue weighted by Crippen LogP contribution is 2.37. The molecule has 1 aliphatic heterocycles. The van der Waals surface area contributed by atoms with Crippen LogP contribution in [-0.2, 0) is 6.42 Å². The summed E-state index contributed by atoms with van der Waals surface area (Å²) in [5.41, 5.74) is 5.12. The van der Waals surface area contributed by atoms with Gasteiger partial charge in [0.15, 0.2) is 0 Å². The average molecular weight is 267 g/mol. The minimum absolute atomic E-state index is 0.997. The zero-order valence-electron chi connectivity index (χ0n) is 11.5. The highest BCUT2D eigenvalue weighted by molar-refractivity contribution is 5.95. The van der Waals surface area contributed by atoms with Crippen molar-refractivity contribution in [2.45, 2.75) is 6.42 Å². The molecular formula is C20H13N. The highest BCUT2D eigenvalue weighted by Gasteiger charge is 2.18. The summed E-state index contributed by atoms with van der Waals surface area (Å²) in [5, 5.41) is 4.98. The second-order valence-corrected chi connectivity index (χ2v) is 5.65. The van der Waals surface area contributed by atoms with E-state index in [4.69, 9.17) is 4.99 Å². The Kier molecular flexibility index (Phi) is 2.06. The lowest BCUT2D eigenvalue weighted by Gasteiger charge is -2.10. The second-order valence-electron chi connectivity index (χ2n) is 5.65. The predicted octanol–water partition coefficient (Wildman–Crippen LogP) is 3.66. The number of rotatable bonds is 0. The second kappa shape index (κ2) is 3.92. The van der Waals surface area contributed by atoms with Crippen molar-refractivity contribution in [2.75, 3.05) is 0 Å². The smallest absolute Gasteiger partial charge is 0.0722 e. The molecule has 5 rings (SSSR count). The molecule has 0 unspecified atom stereocenters. The van der Waals surface area contributed by atoms with Gasteiger partial charge in [-0.05, 0) is 46.2 Å². The molecule has 0 N–H and O–H groups in total. The molecule has 3 aromatic carbocycles. The fourth-order valence-electron chi connectivity index (χ4n) is 3.43. The van der Waals surface area contributed by atoms with Gasteiger partial charge in [0, 0.05) is 11.1 Å². The van der Waals surface area contributed by atoms with Gasteiger partial charge in [-0.2, -0.15) is 0 Å². The van der Waals surface area contributed by atoms with Crippen LogP contribution in [-0.4, -0.2) is 0 Å². The number of hydrogen-bond donors (Lipinski definition) is 0. The Bertz CT molecular complexity index is 1060. The molecule has 0 amide bonds. The van der Waals surface area contributed by atoms with Crippen molar-refractivity contribution < 1.29 is 0 Å². The number of allylic oxidation sites excluding steroid dienone is 2. The lowest BCUT2D eigenvalue weighted by Crippen LogP contribution is -2.18. The fourth-order valence-corrected chi connectivity index (χ4v) is 3.43. The zero-order chi connectivity index (χ0) is 13.8. The maximum Gasteiger partial charge on any atom is 0.0722 e. The van der Waals surface area contributed by atoms with E-state index in [0.717, 1.165) is 17.5 Å². The Morgan fingerprint density at radius 1 is 0.905 bits per heavy atom. The Morgan fingerprint density at radius 2 is 1.76 bits per heavy atom. The SMILES string of the molecule is C1=CCc2c3c(ccc2=C1)=Nc1cc2ccccc2cc1-3. The van der Waals surface area contributed by atoms with Gasteiger partial charge in [-0.25, -0.2) is 4.99 Å². The van der Waals surface area contributed by atoms with Crippen LogP contribution in [0.4, 0.5) is 5.69 Å². The minimum atomic E-state index is 0.997. The molecule has 21 heavy (non-hydrogen) atoms. The van der Waals surface area contributed by atoms with Crippen LogP contribution >= 0.6 is 0 Å².